The lowest BCUT2D eigenvalue weighted by atomic mass is 10.0. The van der Waals surface area contributed by atoms with Crippen molar-refractivity contribution >= 4 is 33.6 Å². The Morgan fingerprint density at radius 2 is 1.89 bits per heavy atom. The molecule has 2 rings (SSSR count). The third-order valence-electron chi connectivity index (χ3n) is 2.63. The molecule has 0 aliphatic carbocycles. The molecule has 5 nitrogen and oxygen atoms in total. The second-order valence-electron chi connectivity index (χ2n) is 4.35. The molecule has 1 aromatic carbocycles. The summed E-state index contributed by atoms with van der Waals surface area (Å²) < 4.78 is 0.884. The molecule has 1 heterocycles. The van der Waals surface area contributed by atoms with Gasteiger partial charge in [-0.15, -0.1) is 5.06 Å². The second kappa shape index (κ2) is 4.97. The van der Waals surface area contributed by atoms with Crippen molar-refractivity contribution in [3.05, 3.63) is 28.7 Å². The fraction of sp³-hybridized carbons (Fsp3) is 0.333. The molecule has 18 heavy (non-hydrogen) atoms. The summed E-state index contributed by atoms with van der Waals surface area (Å²) in [5.74, 6) is -0.457. The summed E-state index contributed by atoms with van der Waals surface area (Å²) in [6.45, 7) is 3.70. The van der Waals surface area contributed by atoms with Crippen molar-refractivity contribution in [2.45, 2.75) is 19.9 Å². The highest BCUT2D eigenvalue weighted by atomic mass is 79.9. The first-order chi connectivity index (χ1) is 8.49. The topological polar surface area (TPSA) is 58.6 Å². The number of urea groups is 1. The minimum absolute atomic E-state index is 0.00600. The number of benzene rings is 1. The molecule has 2 amide bonds. The first kappa shape index (κ1) is 12.9. The molecular formula is C12H13BrN2O3. The lowest BCUT2D eigenvalue weighted by molar-refractivity contribution is -0.149. The van der Waals surface area contributed by atoms with Gasteiger partial charge in [0.25, 0.3) is 0 Å². The molecule has 0 unspecified atom stereocenters. The van der Waals surface area contributed by atoms with E-state index < -0.39 is 18.0 Å². The molecule has 1 saturated heterocycles. The fourth-order valence-corrected chi connectivity index (χ4v) is 1.89. The molecule has 0 radical (unpaired) electrons. The van der Waals surface area contributed by atoms with Crippen molar-refractivity contribution < 1.29 is 14.4 Å². The van der Waals surface area contributed by atoms with E-state index in [4.69, 9.17) is 4.84 Å². The van der Waals surface area contributed by atoms with Crippen LogP contribution in [0.25, 0.3) is 0 Å². The summed E-state index contributed by atoms with van der Waals surface area (Å²) in [6.07, 6.45) is 0. The highest BCUT2D eigenvalue weighted by Crippen LogP contribution is 2.22. The standard InChI is InChI=1S/C12H13BrN2O3/c1-7(2)10-11(16)18-15(12(17)14-10)9-5-3-8(13)4-6-9/h3-7,10H,1-2H3,(H,14,17)/t10-/m0/s1. The highest BCUT2D eigenvalue weighted by Gasteiger charge is 2.36. The molecule has 0 bridgehead atoms. The van der Waals surface area contributed by atoms with Crippen molar-refractivity contribution in [3.63, 3.8) is 0 Å². The Hall–Kier alpha value is -1.56. The monoisotopic (exact) mass is 312 g/mol. The van der Waals surface area contributed by atoms with E-state index in [1.54, 1.807) is 24.3 Å². The van der Waals surface area contributed by atoms with Crippen molar-refractivity contribution in [1.29, 1.82) is 0 Å². The molecule has 0 aromatic heterocycles. The number of halogens is 1. The SMILES string of the molecule is CC(C)[C@@H]1NC(=O)N(c2ccc(Br)cc2)OC1=O. The number of anilines is 1. The van der Waals surface area contributed by atoms with E-state index in [0.717, 1.165) is 9.54 Å². The van der Waals surface area contributed by atoms with Gasteiger partial charge in [-0.2, -0.15) is 0 Å². The average Bonchev–Trinajstić information content (AvgIpc) is 2.32. The second-order valence-corrected chi connectivity index (χ2v) is 5.27. The van der Waals surface area contributed by atoms with Crippen LogP contribution in [0.2, 0.25) is 0 Å². The van der Waals surface area contributed by atoms with Crippen LogP contribution >= 0.6 is 15.9 Å². The van der Waals surface area contributed by atoms with E-state index in [0.29, 0.717) is 5.69 Å². The van der Waals surface area contributed by atoms with E-state index in [9.17, 15) is 9.59 Å². The number of hydrogen-bond acceptors (Lipinski definition) is 3. The normalized spacial score (nSPS) is 19.8. The average molecular weight is 313 g/mol. The largest absolute Gasteiger partial charge is 0.356 e. The van der Waals surface area contributed by atoms with Gasteiger partial charge in [0.05, 0.1) is 5.69 Å². The maximum atomic E-state index is 11.9. The zero-order valence-electron chi connectivity index (χ0n) is 10.0. The van der Waals surface area contributed by atoms with E-state index in [1.165, 1.54) is 0 Å². The minimum Gasteiger partial charge on any atom is -0.329 e. The molecule has 1 aliphatic heterocycles. The number of carbonyl (C=O) groups excluding carboxylic acids is 2. The number of hydrogen-bond donors (Lipinski definition) is 1. The third kappa shape index (κ3) is 2.48. The van der Waals surface area contributed by atoms with Gasteiger partial charge >= 0.3 is 12.0 Å². The Morgan fingerprint density at radius 1 is 1.28 bits per heavy atom. The van der Waals surface area contributed by atoms with Gasteiger partial charge < -0.3 is 10.2 Å². The Balaban J connectivity index is 2.19. The number of carbonyl (C=O) groups is 2. The molecule has 1 aliphatic rings. The van der Waals surface area contributed by atoms with Gasteiger partial charge in [-0.3, -0.25) is 0 Å². The Bertz CT molecular complexity index is 473. The van der Waals surface area contributed by atoms with Gasteiger partial charge in [0.2, 0.25) is 0 Å². The van der Waals surface area contributed by atoms with Gasteiger partial charge in [-0.25, -0.2) is 9.59 Å². The maximum Gasteiger partial charge on any atom is 0.356 e. The number of hydroxylamine groups is 1. The van der Waals surface area contributed by atoms with E-state index in [2.05, 4.69) is 21.2 Å². The Morgan fingerprint density at radius 3 is 2.44 bits per heavy atom. The van der Waals surface area contributed by atoms with Crippen molar-refractivity contribution in [1.82, 2.24) is 5.32 Å². The quantitative estimate of drug-likeness (QED) is 0.912. The molecular weight excluding hydrogens is 300 g/mol. The van der Waals surface area contributed by atoms with E-state index in [-0.39, 0.29) is 5.92 Å². The van der Waals surface area contributed by atoms with Crippen LogP contribution in [-0.2, 0) is 9.63 Å². The fourth-order valence-electron chi connectivity index (χ4n) is 1.62. The summed E-state index contributed by atoms with van der Waals surface area (Å²) in [4.78, 5) is 28.7. The van der Waals surface area contributed by atoms with Crippen molar-refractivity contribution in [2.75, 3.05) is 5.06 Å². The molecule has 1 aromatic rings. The highest BCUT2D eigenvalue weighted by molar-refractivity contribution is 9.10. The van der Waals surface area contributed by atoms with Crippen LogP contribution in [0.1, 0.15) is 13.8 Å². The zero-order valence-corrected chi connectivity index (χ0v) is 11.6. The van der Waals surface area contributed by atoms with Crippen LogP contribution in [-0.4, -0.2) is 18.0 Å². The smallest absolute Gasteiger partial charge is 0.329 e. The molecule has 1 atom stereocenters. The first-order valence-electron chi connectivity index (χ1n) is 5.57. The Labute approximate surface area is 113 Å². The molecule has 1 N–H and O–H groups in total. The molecule has 1 fully saturated rings. The van der Waals surface area contributed by atoms with Crippen LogP contribution < -0.4 is 10.4 Å². The third-order valence-corrected chi connectivity index (χ3v) is 3.16. The predicted molar refractivity (Wildman–Crippen MR) is 69.9 cm³/mol. The summed E-state index contributed by atoms with van der Waals surface area (Å²) in [5.41, 5.74) is 0.506. The predicted octanol–water partition coefficient (Wildman–Crippen LogP) is 2.46. The van der Waals surface area contributed by atoms with Gasteiger partial charge in [0, 0.05) is 4.47 Å². The van der Waals surface area contributed by atoms with Crippen LogP contribution in [0.5, 0.6) is 0 Å². The number of nitrogens with zero attached hydrogens (tertiary/aromatic N) is 1. The first-order valence-corrected chi connectivity index (χ1v) is 6.36. The number of amides is 2. The lowest BCUT2D eigenvalue weighted by Gasteiger charge is -2.32. The van der Waals surface area contributed by atoms with Crippen LogP contribution in [0.4, 0.5) is 10.5 Å². The van der Waals surface area contributed by atoms with Crippen molar-refractivity contribution in [2.24, 2.45) is 5.92 Å². The van der Waals surface area contributed by atoms with E-state index >= 15 is 0 Å². The lowest BCUT2D eigenvalue weighted by Crippen LogP contribution is -2.58. The minimum atomic E-state index is -0.593. The molecule has 0 spiro atoms. The van der Waals surface area contributed by atoms with Crippen LogP contribution in [0, 0.1) is 5.92 Å². The summed E-state index contributed by atoms with van der Waals surface area (Å²) in [6, 6.07) is 5.88. The van der Waals surface area contributed by atoms with E-state index in [1.807, 2.05) is 13.8 Å². The van der Waals surface area contributed by atoms with Crippen LogP contribution in [0.3, 0.4) is 0 Å². The van der Waals surface area contributed by atoms with Gasteiger partial charge in [0.1, 0.15) is 6.04 Å². The summed E-state index contributed by atoms with van der Waals surface area (Å²) >= 11 is 3.30. The van der Waals surface area contributed by atoms with Gasteiger partial charge in [0.15, 0.2) is 0 Å². The summed E-state index contributed by atoms with van der Waals surface area (Å²) in [7, 11) is 0. The number of rotatable bonds is 2. The van der Waals surface area contributed by atoms with Crippen molar-refractivity contribution in [3.8, 4) is 0 Å². The molecule has 6 heteroatoms. The molecule has 96 valence electrons. The molecule has 0 saturated carbocycles. The maximum absolute atomic E-state index is 11.9. The van der Waals surface area contributed by atoms with Crippen LogP contribution in [0.15, 0.2) is 28.7 Å². The number of nitrogens with one attached hydrogen (secondary N) is 1. The van der Waals surface area contributed by atoms with Gasteiger partial charge in [-0.1, -0.05) is 29.8 Å². The van der Waals surface area contributed by atoms with Gasteiger partial charge in [-0.05, 0) is 30.2 Å². The zero-order chi connectivity index (χ0) is 13.3. The Kier molecular flexibility index (Phi) is 3.56. The summed E-state index contributed by atoms with van der Waals surface area (Å²) in [5, 5.41) is 3.60.